The Balaban J connectivity index is 2.29. The minimum absolute atomic E-state index is 0.319. The smallest absolute Gasteiger partial charge is 0.0103 e. The lowest BCUT2D eigenvalue weighted by Crippen LogP contribution is -2.09. The third-order valence-corrected chi connectivity index (χ3v) is 3.60. The van der Waals surface area contributed by atoms with Crippen molar-refractivity contribution in [2.24, 2.45) is 5.41 Å². The molecule has 0 saturated heterocycles. The molecule has 0 bridgehead atoms. The molecule has 0 saturated carbocycles. The molecule has 0 aliphatic carbocycles. The second-order valence-corrected chi connectivity index (χ2v) is 6.54. The van der Waals surface area contributed by atoms with E-state index in [4.69, 9.17) is 0 Å². The first-order valence-electron chi connectivity index (χ1n) is 6.94. The first-order valence-corrected chi connectivity index (χ1v) is 6.94. The van der Waals surface area contributed by atoms with Gasteiger partial charge in [-0.3, -0.25) is 0 Å². The number of hydrogen-bond acceptors (Lipinski definition) is 0. The molecule has 0 N–H and O–H groups in total. The van der Waals surface area contributed by atoms with Gasteiger partial charge < -0.3 is 0 Å². The Morgan fingerprint density at radius 3 is 2.21 bits per heavy atom. The highest BCUT2D eigenvalue weighted by Gasteiger charge is 2.13. The zero-order valence-corrected chi connectivity index (χ0v) is 11.9. The van der Waals surface area contributed by atoms with Gasteiger partial charge >= 0.3 is 0 Å². The van der Waals surface area contributed by atoms with E-state index in [9.17, 15) is 0 Å². The van der Waals surface area contributed by atoms with Crippen molar-refractivity contribution in [3.63, 3.8) is 0 Å². The number of benzene rings is 3. The van der Waals surface area contributed by atoms with Gasteiger partial charge in [0.1, 0.15) is 0 Å². The quantitative estimate of drug-likeness (QED) is 0.493. The molecule has 0 radical (unpaired) electrons. The third-order valence-electron chi connectivity index (χ3n) is 3.60. The summed E-state index contributed by atoms with van der Waals surface area (Å²) in [6.45, 7) is 6.90. The second-order valence-electron chi connectivity index (χ2n) is 6.54. The normalized spacial score (nSPS) is 12.2. The monoisotopic (exact) mass is 248 g/mol. The zero-order chi connectivity index (χ0) is 13.5. The summed E-state index contributed by atoms with van der Waals surface area (Å²) in [4.78, 5) is 0. The molecular formula is C19H20. The van der Waals surface area contributed by atoms with Crippen LogP contribution in [0.15, 0.2) is 54.6 Å². The van der Waals surface area contributed by atoms with Crippen LogP contribution in [0, 0.1) is 5.41 Å². The van der Waals surface area contributed by atoms with Gasteiger partial charge in [0.2, 0.25) is 0 Å². The first kappa shape index (κ1) is 12.2. The minimum atomic E-state index is 0.319. The van der Waals surface area contributed by atoms with Crippen LogP contribution >= 0.6 is 0 Å². The SMILES string of the molecule is CC(C)(C)Cc1cccc2c1ccc1ccccc12. The standard InChI is InChI=1S/C19H20/c1-19(2,3)13-15-8-6-10-18-16-9-5-4-7-14(16)11-12-17(15)18/h4-12H,13H2,1-3H3. The van der Waals surface area contributed by atoms with E-state index in [1.54, 1.807) is 0 Å². The molecule has 0 amide bonds. The number of hydrogen-bond donors (Lipinski definition) is 0. The van der Waals surface area contributed by atoms with Crippen LogP contribution < -0.4 is 0 Å². The highest BCUT2D eigenvalue weighted by atomic mass is 14.2. The lowest BCUT2D eigenvalue weighted by Gasteiger charge is -2.19. The van der Waals surface area contributed by atoms with Gasteiger partial charge in [-0.05, 0) is 38.9 Å². The van der Waals surface area contributed by atoms with Crippen LogP contribution in [0.3, 0.4) is 0 Å². The maximum Gasteiger partial charge on any atom is -0.0103 e. The molecular weight excluding hydrogens is 228 g/mol. The predicted molar refractivity (Wildman–Crippen MR) is 84.6 cm³/mol. The molecule has 3 aromatic carbocycles. The van der Waals surface area contributed by atoms with E-state index in [1.807, 2.05) is 0 Å². The molecule has 3 aromatic rings. The Morgan fingerprint density at radius 2 is 1.42 bits per heavy atom. The van der Waals surface area contributed by atoms with Crippen molar-refractivity contribution < 1.29 is 0 Å². The molecule has 3 rings (SSSR count). The summed E-state index contributed by atoms with van der Waals surface area (Å²) in [5.41, 5.74) is 1.77. The van der Waals surface area contributed by atoms with E-state index in [2.05, 4.69) is 75.4 Å². The molecule has 0 aliphatic rings. The van der Waals surface area contributed by atoms with Crippen LogP contribution in [0.4, 0.5) is 0 Å². The van der Waals surface area contributed by atoms with Crippen molar-refractivity contribution in [3.8, 4) is 0 Å². The van der Waals surface area contributed by atoms with Crippen molar-refractivity contribution in [2.75, 3.05) is 0 Å². The van der Waals surface area contributed by atoms with Crippen LogP contribution in [0.5, 0.6) is 0 Å². The van der Waals surface area contributed by atoms with Crippen LogP contribution in [-0.2, 0) is 6.42 Å². The van der Waals surface area contributed by atoms with Crippen LogP contribution in [0.2, 0.25) is 0 Å². The van der Waals surface area contributed by atoms with Crippen molar-refractivity contribution in [3.05, 3.63) is 60.2 Å². The molecule has 0 aliphatic heterocycles. The van der Waals surface area contributed by atoms with Gasteiger partial charge in [0.25, 0.3) is 0 Å². The van der Waals surface area contributed by atoms with Gasteiger partial charge in [0, 0.05) is 0 Å². The van der Waals surface area contributed by atoms with Crippen molar-refractivity contribution in [1.29, 1.82) is 0 Å². The van der Waals surface area contributed by atoms with E-state index in [0.29, 0.717) is 5.41 Å². The second kappa shape index (κ2) is 4.38. The molecule has 0 nitrogen and oxygen atoms in total. The minimum Gasteiger partial charge on any atom is -0.0616 e. The summed E-state index contributed by atoms with van der Waals surface area (Å²) >= 11 is 0. The number of rotatable bonds is 1. The molecule has 0 fully saturated rings. The summed E-state index contributed by atoms with van der Waals surface area (Å²) < 4.78 is 0. The van der Waals surface area contributed by atoms with Gasteiger partial charge in [-0.1, -0.05) is 75.4 Å². The average molecular weight is 248 g/mol. The fraction of sp³-hybridized carbons (Fsp3) is 0.263. The maximum atomic E-state index is 2.30. The fourth-order valence-corrected chi connectivity index (χ4v) is 2.83. The van der Waals surface area contributed by atoms with E-state index in [-0.39, 0.29) is 0 Å². The first-order chi connectivity index (χ1) is 9.04. The van der Waals surface area contributed by atoms with Gasteiger partial charge in [-0.25, -0.2) is 0 Å². The van der Waals surface area contributed by atoms with Crippen LogP contribution in [0.1, 0.15) is 26.3 Å². The van der Waals surface area contributed by atoms with Crippen molar-refractivity contribution in [2.45, 2.75) is 27.2 Å². The van der Waals surface area contributed by atoms with Crippen LogP contribution in [0.25, 0.3) is 21.5 Å². The van der Waals surface area contributed by atoms with Gasteiger partial charge in [-0.15, -0.1) is 0 Å². The maximum absolute atomic E-state index is 2.30. The molecule has 19 heavy (non-hydrogen) atoms. The Kier molecular flexibility index (Phi) is 2.82. The lowest BCUT2D eigenvalue weighted by molar-refractivity contribution is 0.412. The Labute approximate surface area is 115 Å². The third kappa shape index (κ3) is 2.35. The van der Waals surface area contributed by atoms with E-state index >= 15 is 0 Å². The average Bonchev–Trinajstić information content (AvgIpc) is 2.37. The summed E-state index contributed by atoms with van der Waals surface area (Å²) in [6, 6.07) is 19.8. The van der Waals surface area contributed by atoms with E-state index < -0.39 is 0 Å². The summed E-state index contributed by atoms with van der Waals surface area (Å²) in [5.74, 6) is 0. The Morgan fingerprint density at radius 1 is 0.684 bits per heavy atom. The van der Waals surface area contributed by atoms with E-state index in [1.165, 1.54) is 27.1 Å². The molecule has 0 unspecified atom stereocenters. The largest absolute Gasteiger partial charge is 0.0616 e. The summed E-state index contributed by atoms with van der Waals surface area (Å²) in [6.07, 6.45) is 1.11. The molecule has 0 atom stereocenters. The highest BCUT2D eigenvalue weighted by Crippen LogP contribution is 2.30. The summed E-state index contributed by atoms with van der Waals surface area (Å²) in [7, 11) is 0. The topological polar surface area (TPSA) is 0 Å². The molecule has 0 spiro atoms. The van der Waals surface area contributed by atoms with Gasteiger partial charge in [0.05, 0.1) is 0 Å². The van der Waals surface area contributed by atoms with Gasteiger partial charge in [-0.2, -0.15) is 0 Å². The molecule has 96 valence electrons. The Hall–Kier alpha value is -1.82. The van der Waals surface area contributed by atoms with Crippen molar-refractivity contribution in [1.82, 2.24) is 0 Å². The van der Waals surface area contributed by atoms with Crippen molar-refractivity contribution >= 4 is 21.5 Å². The Bertz CT molecular complexity index is 730. The zero-order valence-electron chi connectivity index (χ0n) is 11.9. The molecule has 0 heteroatoms. The molecule has 0 heterocycles. The fourth-order valence-electron chi connectivity index (χ4n) is 2.83. The predicted octanol–water partition coefficient (Wildman–Crippen LogP) is 5.58. The van der Waals surface area contributed by atoms with E-state index in [0.717, 1.165) is 6.42 Å². The van der Waals surface area contributed by atoms with Gasteiger partial charge in [0.15, 0.2) is 0 Å². The highest BCUT2D eigenvalue weighted by molar-refractivity contribution is 6.08. The summed E-state index contributed by atoms with van der Waals surface area (Å²) in [5, 5.41) is 5.45. The lowest BCUT2D eigenvalue weighted by atomic mass is 9.85. The van der Waals surface area contributed by atoms with Crippen LogP contribution in [-0.4, -0.2) is 0 Å². The number of fused-ring (bicyclic) bond motifs is 3. The molecule has 0 aromatic heterocycles.